The maximum absolute atomic E-state index is 12.0. The summed E-state index contributed by atoms with van der Waals surface area (Å²) in [6.45, 7) is 2.69. The minimum Gasteiger partial charge on any atom is -0.352 e. The van der Waals surface area contributed by atoms with E-state index in [-0.39, 0.29) is 5.91 Å². The lowest BCUT2D eigenvalue weighted by molar-refractivity contribution is 0.0954. The molecule has 2 aromatic rings. The van der Waals surface area contributed by atoms with Gasteiger partial charge in [0.15, 0.2) is 0 Å². The molecule has 0 bridgehead atoms. The smallest absolute Gasteiger partial charge is 0.251 e. The SMILES string of the molecule is CCCc1cc(C(=O)NCCc2cnc[nH]2)ccn1. The Morgan fingerprint density at radius 1 is 1.42 bits per heavy atom. The van der Waals surface area contributed by atoms with Gasteiger partial charge in [-0.15, -0.1) is 0 Å². The highest BCUT2D eigenvalue weighted by atomic mass is 16.1. The Balaban J connectivity index is 1.87. The molecule has 2 aromatic heterocycles. The van der Waals surface area contributed by atoms with Crippen molar-refractivity contribution < 1.29 is 4.79 Å². The predicted molar refractivity (Wildman–Crippen MR) is 72.9 cm³/mol. The summed E-state index contributed by atoms with van der Waals surface area (Å²) in [5.74, 6) is -0.0562. The molecule has 0 radical (unpaired) electrons. The van der Waals surface area contributed by atoms with Crippen LogP contribution in [-0.2, 0) is 12.8 Å². The molecular weight excluding hydrogens is 240 g/mol. The molecule has 0 aliphatic rings. The fourth-order valence-electron chi connectivity index (χ4n) is 1.85. The van der Waals surface area contributed by atoms with Crippen LogP contribution in [0.4, 0.5) is 0 Å². The standard InChI is InChI=1S/C14H18N4O/c1-2-3-12-8-11(4-6-16-12)14(19)17-7-5-13-9-15-10-18-13/h4,6,8-10H,2-3,5,7H2,1H3,(H,15,18)(H,17,19). The third-order valence-electron chi connectivity index (χ3n) is 2.82. The Morgan fingerprint density at radius 3 is 3.05 bits per heavy atom. The number of pyridine rings is 1. The summed E-state index contributed by atoms with van der Waals surface area (Å²) >= 11 is 0. The van der Waals surface area contributed by atoms with Crippen LogP contribution < -0.4 is 5.32 Å². The van der Waals surface area contributed by atoms with Gasteiger partial charge in [-0.1, -0.05) is 13.3 Å². The van der Waals surface area contributed by atoms with Crippen LogP contribution in [0.3, 0.4) is 0 Å². The van der Waals surface area contributed by atoms with Crippen molar-refractivity contribution in [2.24, 2.45) is 0 Å². The molecular formula is C14H18N4O. The Hall–Kier alpha value is -2.17. The molecule has 0 aliphatic heterocycles. The number of nitrogens with zero attached hydrogens (tertiary/aromatic N) is 2. The zero-order valence-corrected chi connectivity index (χ0v) is 11.0. The third-order valence-corrected chi connectivity index (χ3v) is 2.82. The van der Waals surface area contributed by atoms with Crippen molar-refractivity contribution >= 4 is 5.91 Å². The van der Waals surface area contributed by atoms with Gasteiger partial charge in [-0.2, -0.15) is 0 Å². The van der Waals surface area contributed by atoms with E-state index in [0.717, 1.165) is 30.7 Å². The van der Waals surface area contributed by atoms with Gasteiger partial charge < -0.3 is 10.3 Å². The van der Waals surface area contributed by atoms with Gasteiger partial charge in [0, 0.05) is 42.3 Å². The van der Waals surface area contributed by atoms with Crippen LogP contribution in [0.15, 0.2) is 30.9 Å². The van der Waals surface area contributed by atoms with Crippen molar-refractivity contribution in [1.82, 2.24) is 20.3 Å². The van der Waals surface area contributed by atoms with Crippen LogP contribution in [0.5, 0.6) is 0 Å². The topological polar surface area (TPSA) is 70.7 Å². The van der Waals surface area contributed by atoms with E-state index in [1.165, 1.54) is 0 Å². The number of aromatic nitrogens is 3. The van der Waals surface area contributed by atoms with Gasteiger partial charge in [-0.25, -0.2) is 4.98 Å². The summed E-state index contributed by atoms with van der Waals surface area (Å²) in [7, 11) is 0. The number of amides is 1. The first-order valence-electron chi connectivity index (χ1n) is 6.50. The van der Waals surface area contributed by atoms with Gasteiger partial charge in [0.05, 0.1) is 6.33 Å². The van der Waals surface area contributed by atoms with E-state index in [1.807, 2.05) is 6.07 Å². The second-order valence-electron chi connectivity index (χ2n) is 4.37. The number of imidazole rings is 1. The van der Waals surface area contributed by atoms with Crippen molar-refractivity contribution in [2.45, 2.75) is 26.2 Å². The average Bonchev–Trinajstić information content (AvgIpc) is 2.92. The van der Waals surface area contributed by atoms with E-state index in [9.17, 15) is 4.79 Å². The number of nitrogens with one attached hydrogen (secondary N) is 2. The molecule has 0 unspecified atom stereocenters. The second kappa shape index (κ2) is 6.68. The van der Waals surface area contributed by atoms with E-state index in [4.69, 9.17) is 0 Å². The molecule has 19 heavy (non-hydrogen) atoms. The highest BCUT2D eigenvalue weighted by Gasteiger charge is 2.06. The molecule has 0 aliphatic carbocycles. The quantitative estimate of drug-likeness (QED) is 0.829. The lowest BCUT2D eigenvalue weighted by Gasteiger charge is -2.05. The molecule has 0 saturated carbocycles. The Labute approximate surface area is 112 Å². The maximum atomic E-state index is 12.0. The van der Waals surface area contributed by atoms with Gasteiger partial charge in [0.2, 0.25) is 0 Å². The summed E-state index contributed by atoms with van der Waals surface area (Å²) in [6.07, 6.45) is 7.76. The first kappa shape index (κ1) is 13.3. The lowest BCUT2D eigenvalue weighted by atomic mass is 10.1. The van der Waals surface area contributed by atoms with E-state index in [1.54, 1.807) is 24.8 Å². The monoisotopic (exact) mass is 258 g/mol. The minimum absolute atomic E-state index is 0.0562. The van der Waals surface area contributed by atoms with E-state index in [2.05, 4.69) is 27.2 Å². The first-order valence-corrected chi connectivity index (χ1v) is 6.50. The number of rotatable bonds is 6. The highest BCUT2D eigenvalue weighted by molar-refractivity contribution is 5.94. The largest absolute Gasteiger partial charge is 0.352 e. The fourth-order valence-corrected chi connectivity index (χ4v) is 1.85. The minimum atomic E-state index is -0.0562. The molecule has 0 fully saturated rings. The van der Waals surface area contributed by atoms with Gasteiger partial charge in [-0.05, 0) is 18.6 Å². The van der Waals surface area contributed by atoms with Gasteiger partial charge in [0.25, 0.3) is 5.91 Å². The highest BCUT2D eigenvalue weighted by Crippen LogP contribution is 2.04. The average molecular weight is 258 g/mol. The summed E-state index contributed by atoms with van der Waals surface area (Å²) in [6, 6.07) is 3.60. The van der Waals surface area contributed by atoms with Gasteiger partial charge in [-0.3, -0.25) is 9.78 Å². The third kappa shape index (κ3) is 3.91. The summed E-state index contributed by atoms with van der Waals surface area (Å²) < 4.78 is 0. The van der Waals surface area contributed by atoms with Crippen molar-refractivity contribution in [3.8, 4) is 0 Å². The van der Waals surface area contributed by atoms with Crippen LogP contribution in [0.2, 0.25) is 0 Å². The number of aryl methyl sites for hydroxylation is 1. The second-order valence-corrected chi connectivity index (χ2v) is 4.37. The van der Waals surface area contributed by atoms with Crippen LogP contribution in [0, 0.1) is 0 Å². The maximum Gasteiger partial charge on any atom is 0.251 e. The van der Waals surface area contributed by atoms with Crippen molar-refractivity contribution in [3.63, 3.8) is 0 Å². The fraction of sp³-hybridized carbons (Fsp3) is 0.357. The van der Waals surface area contributed by atoms with Gasteiger partial charge in [0.1, 0.15) is 0 Å². The summed E-state index contributed by atoms with van der Waals surface area (Å²) in [5, 5.41) is 2.89. The molecule has 5 nitrogen and oxygen atoms in total. The predicted octanol–water partition coefficient (Wildman–Crippen LogP) is 1.73. The molecule has 2 heterocycles. The summed E-state index contributed by atoms with van der Waals surface area (Å²) in [5.41, 5.74) is 2.65. The Bertz CT molecular complexity index is 522. The molecule has 0 saturated heterocycles. The molecule has 100 valence electrons. The first-order chi connectivity index (χ1) is 9.29. The molecule has 2 N–H and O–H groups in total. The molecule has 1 amide bonds. The van der Waals surface area contributed by atoms with Crippen LogP contribution in [0.25, 0.3) is 0 Å². The number of H-pyrrole nitrogens is 1. The molecule has 5 heteroatoms. The van der Waals surface area contributed by atoms with Crippen LogP contribution in [0.1, 0.15) is 35.1 Å². The number of carbonyl (C=O) groups excluding carboxylic acids is 1. The zero-order chi connectivity index (χ0) is 13.5. The number of hydrogen-bond donors (Lipinski definition) is 2. The lowest BCUT2D eigenvalue weighted by Crippen LogP contribution is -2.25. The molecule has 0 aromatic carbocycles. The van der Waals surface area contributed by atoms with E-state index >= 15 is 0 Å². The number of carbonyl (C=O) groups is 1. The number of aromatic amines is 1. The van der Waals surface area contributed by atoms with E-state index in [0.29, 0.717) is 12.1 Å². The Kier molecular flexibility index (Phi) is 4.66. The number of hydrogen-bond acceptors (Lipinski definition) is 3. The van der Waals surface area contributed by atoms with Gasteiger partial charge >= 0.3 is 0 Å². The van der Waals surface area contributed by atoms with Crippen molar-refractivity contribution in [1.29, 1.82) is 0 Å². The van der Waals surface area contributed by atoms with Crippen molar-refractivity contribution in [3.05, 3.63) is 47.8 Å². The normalized spacial score (nSPS) is 10.4. The van der Waals surface area contributed by atoms with Crippen molar-refractivity contribution in [2.75, 3.05) is 6.54 Å². The zero-order valence-electron chi connectivity index (χ0n) is 11.0. The van der Waals surface area contributed by atoms with Crippen LogP contribution in [-0.4, -0.2) is 27.4 Å². The van der Waals surface area contributed by atoms with E-state index < -0.39 is 0 Å². The molecule has 2 rings (SSSR count). The molecule has 0 spiro atoms. The van der Waals surface area contributed by atoms with Crippen LogP contribution >= 0.6 is 0 Å². The Morgan fingerprint density at radius 2 is 2.32 bits per heavy atom. The summed E-state index contributed by atoms with van der Waals surface area (Å²) in [4.78, 5) is 23.1. The molecule has 0 atom stereocenters.